The summed E-state index contributed by atoms with van der Waals surface area (Å²) in [5.41, 5.74) is 3.64. The van der Waals surface area contributed by atoms with E-state index in [1.54, 1.807) is 30.0 Å². The Bertz CT molecular complexity index is 1440. The number of aromatic nitrogens is 3. The molecular formula is C27H21Cl2N5O2. The summed E-state index contributed by atoms with van der Waals surface area (Å²) in [5, 5.41) is 11.9. The van der Waals surface area contributed by atoms with Crippen molar-refractivity contribution in [2.75, 3.05) is 17.7 Å². The maximum Gasteiger partial charge on any atom is 0.250 e. The fraction of sp³-hybridized carbons (Fsp3) is 0.0741. The second-order valence-corrected chi connectivity index (χ2v) is 8.88. The summed E-state index contributed by atoms with van der Waals surface area (Å²) in [4.78, 5) is 17.1. The van der Waals surface area contributed by atoms with Gasteiger partial charge in [0.25, 0.3) is 11.9 Å². The third kappa shape index (κ3) is 5.27. The van der Waals surface area contributed by atoms with Crippen LogP contribution < -0.4 is 15.4 Å². The van der Waals surface area contributed by atoms with Gasteiger partial charge in [0.15, 0.2) is 0 Å². The number of carbonyl (C=O) groups is 1. The Kier molecular flexibility index (Phi) is 6.75. The van der Waals surface area contributed by atoms with E-state index in [0.717, 1.165) is 28.1 Å². The lowest BCUT2D eigenvalue weighted by Crippen LogP contribution is -2.20. The highest BCUT2D eigenvalue weighted by atomic mass is 35.5. The zero-order valence-corrected chi connectivity index (χ0v) is 20.7. The summed E-state index contributed by atoms with van der Waals surface area (Å²) < 4.78 is 7.04. The van der Waals surface area contributed by atoms with Crippen LogP contribution in [0.15, 0.2) is 84.9 Å². The lowest BCUT2D eigenvalue weighted by molar-refractivity contribution is -0.111. The quantitative estimate of drug-likeness (QED) is 0.293. The van der Waals surface area contributed by atoms with Crippen LogP contribution in [0.5, 0.6) is 5.75 Å². The van der Waals surface area contributed by atoms with Crippen LogP contribution in [0.2, 0.25) is 10.0 Å². The third-order valence-corrected chi connectivity index (χ3v) is 6.11. The van der Waals surface area contributed by atoms with Crippen molar-refractivity contribution < 1.29 is 9.53 Å². The molecule has 36 heavy (non-hydrogen) atoms. The molecule has 2 N–H and O–H groups in total. The number of carbonyl (C=O) groups excluding carboxylic acids is 1. The van der Waals surface area contributed by atoms with Gasteiger partial charge in [-0.3, -0.25) is 10.1 Å². The third-order valence-electron chi connectivity index (χ3n) is 5.61. The van der Waals surface area contributed by atoms with E-state index < -0.39 is 0 Å². The Hall–Kier alpha value is -4.07. The average Bonchev–Trinajstić information content (AvgIpc) is 3.30. The molecule has 1 atom stereocenters. The number of anilines is 2. The number of ether oxygens (including phenoxy) is 1. The molecule has 5 rings (SSSR count). The average molecular weight is 518 g/mol. The number of halogens is 2. The van der Waals surface area contributed by atoms with Gasteiger partial charge in [-0.15, -0.1) is 5.10 Å². The van der Waals surface area contributed by atoms with Gasteiger partial charge in [-0.25, -0.2) is 4.68 Å². The number of hydrogen-bond acceptors (Lipinski definition) is 5. The highest BCUT2D eigenvalue weighted by molar-refractivity contribution is 6.30. The Morgan fingerprint density at radius 1 is 1.00 bits per heavy atom. The standard InChI is InChI=1S/C27H21Cl2N5O2/c1-36-22-13-7-19(8-14-22)24-16-23(18-5-11-21(29)12-6-18)30-27-32-26(33-34(24)27)31-25(35)15-4-17-2-9-20(28)10-3-17/h2-16,24H,1H3,(H2,30,31,32,33,35). The van der Waals surface area contributed by atoms with Crippen molar-refractivity contribution in [2.45, 2.75) is 6.04 Å². The van der Waals surface area contributed by atoms with E-state index in [-0.39, 0.29) is 17.9 Å². The number of fused-ring (bicyclic) bond motifs is 1. The number of nitrogens with zero attached hydrogens (tertiary/aromatic N) is 3. The maximum atomic E-state index is 12.5. The van der Waals surface area contributed by atoms with Crippen molar-refractivity contribution in [3.8, 4) is 5.75 Å². The van der Waals surface area contributed by atoms with Crippen LogP contribution >= 0.6 is 23.2 Å². The highest BCUT2D eigenvalue weighted by Gasteiger charge is 2.25. The Balaban J connectivity index is 1.43. The van der Waals surface area contributed by atoms with Gasteiger partial charge in [0.2, 0.25) is 5.95 Å². The van der Waals surface area contributed by atoms with Crippen molar-refractivity contribution in [3.05, 3.63) is 112 Å². The minimum absolute atomic E-state index is 0.188. The molecule has 2 heterocycles. The molecule has 7 nitrogen and oxygen atoms in total. The summed E-state index contributed by atoms with van der Waals surface area (Å²) in [6.45, 7) is 0. The van der Waals surface area contributed by atoms with Crippen LogP contribution in [0.1, 0.15) is 22.7 Å². The molecule has 0 radical (unpaired) electrons. The van der Waals surface area contributed by atoms with E-state index in [2.05, 4.69) is 26.8 Å². The van der Waals surface area contributed by atoms with Gasteiger partial charge in [-0.1, -0.05) is 59.6 Å². The summed E-state index contributed by atoms with van der Waals surface area (Å²) in [5.74, 6) is 1.10. The first-order valence-corrected chi connectivity index (χ1v) is 11.8. The van der Waals surface area contributed by atoms with Crippen LogP contribution in [-0.2, 0) is 4.79 Å². The van der Waals surface area contributed by atoms with Gasteiger partial charge >= 0.3 is 0 Å². The Labute approximate surface area is 218 Å². The van der Waals surface area contributed by atoms with Gasteiger partial charge in [-0.2, -0.15) is 4.98 Å². The summed E-state index contributed by atoms with van der Waals surface area (Å²) in [7, 11) is 1.63. The van der Waals surface area contributed by atoms with Crippen LogP contribution in [0.25, 0.3) is 11.8 Å². The number of nitrogens with one attached hydrogen (secondary N) is 2. The van der Waals surface area contributed by atoms with Gasteiger partial charge in [0, 0.05) is 21.8 Å². The first-order chi connectivity index (χ1) is 17.5. The molecule has 180 valence electrons. The van der Waals surface area contributed by atoms with Gasteiger partial charge in [-0.05, 0) is 65.2 Å². The molecule has 0 bridgehead atoms. The molecule has 1 aliphatic heterocycles. The molecular weight excluding hydrogens is 497 g/mol. The fourth-order valence-corrected chi connectivity index (χ4v) is 4.03. The normalized spacial score (nSPS) is 14.6. The van der Waals surface area contributed by atoms with Crippen LogP contribution in [0, 0.1) is 0 Å². The van der Waals surface area contributed by atoms with Crippen molar-refractivity contribution in [1.29, 1.82) is 0 Å². The lowest BCUT2D eigenvalue weighted by Gasteiger charge is -2.24. The SMILES string of the molecule is COc1ccc(C2C=C(c3ccc(Cl)cc3)Nc3nc(NC(=O)C=Cc4ccc(Cl)cc4)nn32)cc1. The molecule has 1 aliphatic rings. The monoisotopic (exact) mass is 517 g/mol. The van der Waals surface area contributed by atoms with E-state index in [1.165, 1.54) is 6.08 Å². The Morgan fingerprint density at radius 3 is 2.33 bits per heavy atom. The molecule has 0 saturated carbocycles. The topological polar surface area (TPSA) is 81.1 Å². The molecule has 1 unspecified atom stereocenters. The van der Waals surface area contributed by atoms with Crippen LogP contribution in [0.4, 0.5) is 11.9 Å². The number of hydrogen-bond donors (Lipinski definition) is 2. The number of rotatable bonds is 6. The molecule has 1 amide bonds. The minimum atomic E-state index is -0.347. The van der Waals surface area contributed by atoms with Crippen LogP contribution in [-0.4, -0.2) is 27.8 Å². The van der Waals surface area contributed by atoms with E-state index in [4.69, 9.17) is 27.9 Å². The van der Waals surface area contributed by atoms with Gasteiger partial charge < -0.3 is 10.1 Å². The first kappa shape index (κ1) is 23.7. The van der Waals surface area contributed by atoms with E-state index >= 15 is 0 Å². The van der Waals surface area contributed by atoms with E-state index in [1.807, 2.05) is 60.7 Å². The molecule has 0 saturated heterocycles. The second kappa shape index (κ2) is 10.3. The molecule has 0 spiro atoms. The second-order valence-electron chi connectivity index (χ2n) is 8.01. The zero-order chi connectivity index (χ0) is 25.1. The first-order valence-electron chi connectivity index (χ1n) is 11.1. The molecule has 3 aromatic carbocycles. The number of amides is 1. The zero-order valence-electron chi connectivity index (χ0n) is 19.2. The Morgan fingerprint density at radius 2 is 1.67 bits per heavy atom. The van der Waals surface area contributed by atoms with E-state index in [9.17, 15) is 4.79 Å². The molecule has 9 heteroatoms. The summed E-state index contributed by atoms with van der Waals surface area (Å²) >= 11 is 12.0. The van der Waals surface area contributed by atoms with Crippen molar-refractivity contribution in [2.24, 2.45) is 0 Å². The highest BCUT2D eigenvalue weighted by Crippen LogP contribution is 2.34. The van der Waals surface area contributed by atoms with Gasteiger partial charge in [0.05, 0.1) is 7.11 Å². The smallest absolute Gasteiger partial charge is 0.250 e. The van der Waals surface area contributed by atoms with Crippen molar-refractivity contribution in [1.82, 2.24) is 14.8 Å². The van der Waals surface area contributed by atoms with E-state index in [0.29, 0.717) is 16.0 Å². The van der Waals surface area contributed by atoms with Crippen LogP contribution in [0.3, 0.4) is 0 Å². The minimum Gasteiger partial charge on any atom is -0.497 e. The molecule has 0 aliphatic carbocycles. The van der Waals surface area contributed by atoms with Gasteiger partial charge in [0.1, 0.15) is 11.8 Å². The molecule has 1 aromatic heterocycles. The number of allylic oxidation sites excluding steroid dienone is 1. The number of methoxy groups -OCH3 is 1. The summed E-state index contributed by atoms with van der Waals surface area (Å²) in [6.07, 6.45) is 5.17. The van der Waals surface area contributed by atoms with Crippen molar-refractivity contribution in [3.63, 3.8) is 0 Å². The largest absolute Gasteiger partial charge is 0.497 e. The number of benzene rings is 3. The van der Waals surface area contributed by atoms with Crippen molar-refractivity contribution >= 4 is 52.8 Å². The summed E-state index contributed by atoms with van der Waals surface area (Å²) in [6, 6.07) is 22.2. The maximum absolute atomic E-state index is 12.5. The molecule has 0 fully saturated rings. The predicted octanol–water partition coefficient (Wildman–Crippen LogP) is 6.30. The molecule has 4 aromatic rings. The fourth-order valence-electron chi connectivity index (χ4n) is 3.78. The lowest BCUT2D eigenvalue weighted by atomic mass is 10.0. The predicted molar refractivity (Wildman–Crippen MR) is 143 cm³/mol.